The van der Waals surface area contributed by atoms with Crippen LogP contribution in [0.1, 0.15) is 12.5 Å². The summed E-state index contributed by atoms with van der Waals surface area (Å²) < 4.78 is 5.27. The van der Waals surface area contributed by atoms with Crippen LogP contribution in [0, 0.1) is 0 Å². The van der Waals surface area contributed by atoms with E-state index in [9.17, 15) is 9.59 Å². The fourth-order valence-corrected chi connectivity index (χ4v) is 2.21. The second-order valence-electron chi connectivity index (χ2n) is 5.14. The van der Waals surface area contributed by atoms with Gasteiger partial charge in [-0.15, -0.1) is 0 Å². The molecule has 6 nitrogen and oxygen atoms in total. The summed E-state index contributed by atoms with van der Waals surface area (Å²) in [6.07, 6.45) is -0.341. The van der Waals surface area contributed by atoms with Crippen molar-refractivity contribution in [2.45, 2.75) is 19.6 Å². The first-order valence-corrected chi connectivity index (χ1v) is 7.08. The predicted octanol–water partition coefficient (Wildman–Crippen LogP) is 0.815. The van der Waals surface area contributed by atoms with Crippen LogP contribution < -0.4 is 5.73 Å². The molecule has 1 saturated heterocycles. The zero-order valence-corrected chi connectivity index (χ0v) is 12.2. The van der Waals surface area contributed by atoms with Gasteiger partial charge in [-0.2, -0.15) is 0 Å². The van der Waals surface area contributed by atoms with E-state index in [0.29, 0.717) is 26.2 Å². The lowest BCUT2D eigenvalue weighted by Crippen LogP contribution is -2.53. The van der Waals surface area contributed by atoms with Crippen LogP contribution in [0.2, 0.25) is 0 Å². The van der Waals surface area contributed by atoms with Crippen molar-refractivity contribution in [3.63, 3.8) is 0 Å². The number of piperazine rings is 1. The standard InChI is InChI=1S/C15H21N3O3/c1-12(16)14(19)17-7-9-18(10-8-17)15(20)21-11-13-5-3-2-4-6-13/h2-6,12H,7-11,16H2,1H3/t12-/m1/s1. The molecule has 6 heteroatoms. The lowest BCUT2D eigenvalue weighted by atomic mass is 10.2. The highest BCUT2D eigenvalue weighted by Gasteiger charge is 2.26. The fraction of sp³-hybridized carbons (Fsp3) is 0.467. The molecule has 1 atom stereocenters. The molecule has 1 aromatic rings. The molecule has 1 aliphatic rings. The fourth-order valence-electron chi connectivity index (χ4n) is 2.21. The van der Waals surface area contributed by atoms with Crippen molar-refractivity contribution >= 4 is 12.0 Å². The number of amides is 2. The zero-order chi connectivity index (χ0) is 15.2. The number of benzene rings is 1. The van der Waals surface area contributed by atoms with E-state index in [0.717, 1.165) is 5.56 Å². The van der Waals surface area contributed by atoms with E-state index in [1.165, 1.54) is 0 Å². The molecule has 0 saturated carbocycles. The van der Waals surface area contributed by atoms with Crippen molar-refractivity contribution in [1.29, 1.82) is 0 Å². The normalized spacial score (nSPS) is 16.5. The largest absolute Gasteiger partial charge is 0.445 e. The van der Waals surface area contributed by atoms with Gasteiger partial charge in [0.05, 0.1) is 6.04 Å². The van der Waals surface area contributed by atoms with Gasteiger partial charge in [0.15, 0.2) is 0 Å². The molecule has 1 aromatic carbocycles. The Balaban J connectivity index is 1.77. The molecule has 0 aromatic heterocycles. The number of hydrogen-bond acceptors (Lipinski definition) is 4. The van der Waals surface area contributed by atoms with E-state index in [1.807, 2.05) is 30.3 Å². The van der Waals surface area contributed by atoms with Crippen molar-refractivity contribution in [2.24, 2.45) is 5.73 Å². The van der Waals surface area contributed by atoms with Gasteiger partial charge in [-0.25, -0.2) is 4.79 Å². The first kappa shape index (κ1) is 15.3. The van der Waals surface area contributed by atoms with Gasteiger partial charge in [-0.3, -0.25) is 4.79 Å². The van der Waals surface area contributed by atoms with E-state index < -0.39 is 6.04 Å². The van der Waals surface area contributed by atoms with Gasteiger partial charge in [-0.1, -0.05) is 30.3 Å². The van der Waals surface area contributed by atoms with E-state index in [2.05, 4.69) is 0 Å². The molecule has 0 bridgehead atoms. The average molecular weight is 291 g/mol. The summed E-state index contributed by atoms with van der Waals surface area (Å²) in [6.45, 7) is 3.89. The topological polar surface area (TPSA) is 75.9 Å². The minimum absolute atomic E-state index is 0.0766. The van der Waals surface area contributed by atoms with E-state index in [1.54, 1.807) is 16.7 Å². The third-order valence-electron chi connectivity index (χ3n) is 3.44. The Labute approximate surface area is 124 Å². The quantitative estimate of drug-likeness (QED) is 0.894. The zero-order valence-electron chi connectivity index (χ0n) is 12.2. The second kappa shape index (κ2) is 7.08. The van der Waals surface area contributed by atoms with Gasteiger partial charge in [0, 0.05) is 26.2 Å². The summed E-state index contributed by atoms with van der Waals surface area (Å²) in [5.41, 5.74) is 6.53. The Hall–Kier alpha value is -2.08. The van der Waals surface area contributed by atoms with Crippen molar-refractivity contribution in [1.82, 2.24) is 9.80 Å². The molecule has 0 radical (unpaired) electrons. The summed E-state index contributed by atoms with van der Waals surface area (Å²) in [5, 5.41) is 0. The molecule has 114 valence electrons. The highest BCUT2D eigenvalue weighted by Crippen LogP contribution is 2.07. The Morgan fingerprint density at radius 3 is 2.29 bits per heavy atom. The van der Waals surface area contributed by atoms with Crippen molar-refractivity contribution in [3.8, 4) is 0 Å². The van der Waals surface area contributed by atoms with Crippen LogP contribution in [0.5, 0.6) is 0 Å². The van der Waals surface area contributed by atoms with E-state index in [-0.39, 0.29) is 18.6 Å². The lowest BCUT2D eigenvalue weighted by molar-refractivity contribution is -0.133. The van der Waals surface area contributed by atoms with Crippen LogP contribution >= 0.6 is 0 Å². The molecule has 2 amide bonds. The van der Waals surface area contributed by atoms with Gasteiger partial charge in [0.25, 0.3) is 0 Å². The van der Waals surface area contributed by atoms with Crippen molar-refractivity contribution < 1.29 is 14.3 Å². The molecule has 1 fully saturated rings. The van der Waals surface area contributed by atoms with Crippen LogP contribution in [-0.2, 0) is 16.1 Å². The minimum atomic E-state index is -0.499. The maximum absolute atomic E-state index is 12.0. The van der Waals surface area contributed by atoms with Crippen molar-refractivity contribution in [3.05, 3.63) is 35.9 Å². The molecule has 0 unspecified atom stereocenters. The molecule has 2 N–H and O–H groups in total. The molecule has 1 aliphatic heterocycles. The highest BCUT2D eigenvalue weighted by molar-refractivity contribution is 5.81. The Bertz CT molecular complexity index is 482. The number of nitrogens with zero attached hydrogens (tertiary/aromatic N) is 2. The third-order valence-corrected chi connectivity index (χ3v) is 3.44. The van der Waals surface area contributed by atoms with Gasteiger partial charge in [0.2, 0.25) is 5.91 Å². The summed E-state index contributed by atoms with van der Waals surface area (Å²) in [4.78, 5) is 27.0. The number of hydrogen-bond donors (Lipinski definition) is 1. The molecule has 2 rings (SSSR count). The maximum atomic E-state index is 12.0. The van der Waals surface area contributed by atoms with Crippen LogP contribution in [0.3, 0.4) is 0 Å². The third kappa shape index (κ3) is 4.19. The summed E-state index contributed by atoms with van der Waals surface area (Å²) in [6, 6.07) is 9.05. The van der Waals surface area contributed by atoms with Gasteiger partial charge in [-0.05, 0) is 12.5 Å². The summed E-state index contributed by atoms with van der Waals surface area (Å²) in [5.74, 6) is -0.0766. The summed E-state index contributed by atoms with van der Waals surface area (Å²) in [7, 11) is 0. The SMILES string of the molecule is C[C@@H](N)C(=O)N1CCN(C(=O)OCc2ccccc2)CC1. The number of nitrogens with two attached hydrogens (primary N) is 1. The number of carbonyl (C=O) groups is 2. The van der Waals surface area contributed by atoms with E-state index in [4.69, 9.17) is 10.5 Å². The molecule has 0 spiro atoms. The summed E-state index contributed by atoms with van der Waals surface area (Å²) >= 11 is 0. The highest BCUT2D eigenvalue weighted by atomic mass is 16.6. The number of rotatable bonds is 3. The average Bonchev–Trinajstić information content (AvgIpc) is 2.53. The maximum Gasteiger partial charge on any atom is 0.410 e. The van der Waals surface area contributed by atoms with Crippen LogP contribution in [0.4, 0.5) is 4.79 Å². The number of ether oxygens (including phenoxy) is 1. The van der Waals surface area contributed by atoms with Gasteiger partial charge >= 0.3 is 6.09 Å². The predicted molar refractivity (Wildman–Crippen MR) is 78.4 cm³/mol. The molecular weight excluding hydrogens is 270 g/mol. The van der Waals surface area contributed by atoms with Gasteiger partial charge in [0.1, 0.15) is 6.61 Å². The first-order valence-electron chi connectivity index (χ1n) is 7.08. The molecular formula is C15H21N3O3. The van der Waals surface area contributed by atoms with E-state index >= 15 is 0 Å². The lowest BCUT2D eigenvalue weighted by Gasteiger charge is -2.34. The van der Waals surface area contributed by atoms with Gasteiger partial charge < -0.3 is 20.3 Å². The Morgan fingerprint density at radius 1 is 1.14 bits per heavy atom. The minimum Gasteiger partial charge on any atom is -0.445 e. The first-order chi connectivity index (χ1) is 10.1. The van der Waals surface area contributed by atoms with Crippen LogP contribution in [0.25, 0.3) is 0 Å². The molecule has 21 heavy (non-hydrogen) atoms. The molecule has 0 aliphatic carbocycles. The van der Waals surface area contributed by atoms with Crippen molar-refractivity contribution in [2.75, 3.05) is 26.2 Å². The molecule has 1 heterocycles. The smallest absolute Gasteiger partial charge is 0.410 e. The Morgan fingerprint density at radius 2 is 1.71 bits per heavy atom. The second-order valence-corrected chi connectivity index (χ2v) is 5.14. The monoisotopic (exact) mass is 291 g/mol. The number of carbonyl (C=O) groups excluding carboxylic acids is 2. The van der Waals surface area contributed by atoms with Crippen LogP contribution in [-0.4, -0.2) is 54.0 Å². The Kier molecular flexibility index (Phi) is 5.16. The van der Waals surface area contributed by atoms with Crippen LogP contribution in [0.15, 0.2) is 30.3 Å².